The minimum absolute atomic E-state index is 0.480. The van der Waals surface area contributed by atoms with Crippen LogP contribution in [0.5, 0.6) is 0 Å². The highest BCUT2D eigenvalue weighted by atomic mass is 16.5. The molecule has 0 aliphatic carbocycles. The van der Waals surface area contributed by atoms with Crippen molar-refractivity contribution in [1.29, 1.82) is 0 Å². The summed E-state index contributed by atoms with van der Waals surface area (Å²) < 4.78 is 5.62. The predicted molar refractivity (Wildman–Crippen MR) is 62.1 cm³/mol. The smallest absolute Gasteiger partial charge is 0.0588 e. The van der Waals surface area contributed by atoms with E-state index in [2.05, 4.69) is 17.1 Å². The van der Waals surface area contributed by atoms with E-state index in [0.717, 1.165) is 12.5 Å². The van der Waals surface area contributed by atoms with Crippen molar-refractivity contribution in [2.45, 2.75) is 32.3 Å². The van der Waals surface area contributed by atoms with Crippen LogP contribution in [0.25, 0.3) is 0 Å². The zero-order valence-electron chi connectivity index (χ0n) is 9.87. The third kappa shape index (κ3) is 3.44. The maximum atomic E-state index is 5.62. The average molecular weight is 212 g/mol. The number of nitrogens with zero attached hydrogens (tertiary/aromatic N) is 1. The molecule has 15 heavy (non-hydrogen) atoms. The summed E-state index contributed by atoms with van der Waals surface area (Å²) in [5.41, 5.74) is 0. The van der Waals surface area contributed by atoms with Crippen LogP contribution in [-0.2, 0) is 4.74 Å². The van der Waals surface area contributed by atoms with E-state index >= 15 is 0 Å². The molecule has 0 spiro atoms. The third-order valence-corrected chi connectivity index (χ3v) is 3.68. The van der Waals surface area contributed by atoms with Crippen molar-refractivity contribution < 1.29 is 4.74 Å². The molecule has 2 fully saturated rings. The summed E-state index contributed by atoms with van der Waals surface area (Å²) in [5.74, 6) is 0.775. The van der Waals surface area contributed by atoms with Gasteiger partial charge in [-0.2, -0.15) is 0 Å². The van der Waals surface area contributed by atoms with Gasteiger partial charge in [0.1, 0.15) is 0 Å². The summed E-state index contributed by atoms with van der Waals surface area (Å²) in [6, 6.07) is 0. The van der Waals surface area contributed by atoms with E-state index in [9.17, 15) is 0 Å². The molecule has 2 saturated heterocycles. The molecule has 0 saturated carbocycles. The van der Waals surface area contributed by atoms with Gasteiger partial charge in [-0.15, -0.1) is 0 Å². The first-order valence-corrected chi connectivity index (χ1v) is 6.41. The second-order valence-corrected chi connectivity index (χ2v) is 4.88. The molecule has 1 N–H and O–H groups in total. The lowest BCUT2D eigenvalue weighted by atomic mass is 10.0. The molecular weight excluding hydrogens is 188 g/mol. The van der Waals surface area contributed by atoms with Crippen molar-refractivity contribution in [3.05, 3.63) is 0 Å². The minimum Gasteiger partial charge on any atom is -0.378 e. The van der Waals surface area contributed by atoms with Gasteiger partial charge in [-0.05, 0) is 58.3 Å². The highest BCUT2D eigenvalue weighted by Crippen LogP contribution is 2.21. The Balaban J connectivity index is 1.75. The highest BCUT2D eigenvalue weighted by Gasteiger charge is 2.26. The van der Waals surface area contributed by atoms with E-state index in [1.165, 1.54) is 52.0 Å². The lowest BCUT2D eigenvalue weighted by molar-refractivity contribution is 0.0912. The molecule has 0 aromatic heterocycles. The Morgan fingerprint density at radius 2 is 2.00 bits per heavy atom. The van der Waals surface area contributed by atoms with Crippen LogP contribution in [-0.4, -0.2) is 50.3 Å². The number of hydrogen-bond donors (Lipinski definition) is 1. The third-order valence-electron chi connectivity index (χ3n) is 3.68. The van der Waals surface area contributed by atoms with Crippen molar-refractivity contribution in [3.8, 4) is 0 Å². The zero-order valence-corrected chi connectivity index (χ0v) is 9.87. The van der Waals surface area contributed by atoms with Crippen molar-refractivity contribution >= 4 is 0 Å². The van der Waals surface area contributed by atoms with Crippen molar-refractivity contribution in [2.75, 3.05) is 39.3 Å². The standard InChI is InChI=1S/C12H24N2O/c1-11-12(4-9-15-11)10-14-7-2-5-13-6-3-8-14/h11-13H,2-10H2,1H3. The summed E-state index contributed by atoms with van der Waals surface area (Å²) in [6.45, 7) is 9.35. The monoisotopic (exact) mass is 212 g/mol. The van der Waals surface area contributed by atoms with Crippen LogP contribution in [0.4, 0.5) is 0 Å². The van der Waals surface area contributed by atoms with Crippen LogP contribution in [0, 0.1) is 5.92 Å². The van der Waals surface area contributed by atoms with Gasteiger partial charge in [0.2, 0.25) is 0 Å². The summed E-state index contributed by atoms with van der Waals surface area (Å²) >= 11 is 0. The second-order valence-electron chi connectivity index (χ2n) is 4.88. The van der Waals surface area contributed by atoms with Gasteiger partial charge in [0.05, 0.1) is 6.10 Å². The second kappa shape index (κ2) is 5.83. The van der Waals surface area contributed by atoms with E-state index in [-0.39, 0.29) is 0 Å². The summed E-state index contributed by atoms with van der Waals surface area (Å²) in [7, 11) is 0. The molecule has 88 valence electrons. The Hall–Kier alpha value is -0.120. The largest absolute Gasteiger partial charge is 0.378 e. The van der Waals surface area contributed by atoms with Crippen LogP contribution >= 0.6 is 0 Å². The van der Waals surface area contributed by atoms with E-state index in [0.29, 0.717) is 6.10 Å². The van der Waals surface area contributed by atoms with Gasteiger partial charge in [-0.1, -0.05) is 0 Å². The Morgan fingerprint density at radius 3 is 2.60 bits per heavy atom. The first kappa shape index (κ1) is 11.4. The van der Waals surface area contributed by atoms with Gasteiger partial charge < -0.3 is 15.0 Å². The highest BCUT2D eigenvalue weighted by molar-refractivity contribution is 4.77. The molecule has 2 heterocycles. The molecular formula is C12H24N2O. The molecule has 0 aromatic rings. The fraction of sp³-hybridized carbons (Fsp3) is 1.00. The normalized spacial score (nSPS) is 35.0. The molecule has 2 atom stereocenters. The molecule has 3 nitrogen and oxygen atoms in total. The lowest BCUT2D eigenvalue weighted by Gasteiger charge is -2.28. The average Bonchev–Trinajstić information content (AvgIpc) is 2.56. The molecule has 2 aliphatic heterocycles. The topological polar surface area (TPSA) is 24.5 Å². The first-order valence-electron chi connectivity index (χ1n) is 6.41. The van der Waals surface area contributed by atoms with Gasteiger partial charge in [0.25, 0.3) is 0 Å². The molecule has 0 aromatic carbocycles. The van der Waals surface area contributed by atoms with Crippen LogP contribution in [0.3, 0.4) is 0 Å². The molecule has 3 heteroatoms. The summed E-state index contributed by atoms with van der Waals surface area (Å²) in [5, 5.41) is 3.46. The molecule has 0 bridgehead atoms. The fourth-order valence-electron chi connectivity index (χ4n) is 2.62. The Kier molecular flexibility index (Phi) is 4.42. The number of hydrogen-bond acceptors (Lipinski definition) is 3. The lowest BCUT2D eigenvalue weighted by Crippen LogP contribution is -2.38. The molecule has 2 unspecified atom stereocenters. The molecule has 0 radical (unpaired) electrons. The summed E-state index contributed by atoms with van der Waals surface area (Å²) in [6.07, 6.45) is 4.33. The molecule has 2 aliphatic rings. The minimum atomic E-state index is 0.480. The summed E-state index contributed by atoms with van der Waals surface area (Å²) in [4.78, 5) is 2.64. The van der Waals surface area contributed by atoms with Crippen LogP contribution in [0.15, 0.2) is 0 Å². The zero-order chi connectivity index (χ0) is 10.5. The fourth-order valence-corrected chi connectivity index (χ4v) is 2.62. The quantitative estimate of drug-likeness (QED) is 0.742. The van der Waals surface area contributed by atoms with Crippen molar-refractivity contribution in [1.82, 2.24) is 10.2 Å². The van der Waals surface area contributed by atoms with E-state index in [4.69, 9.17) is 4.74 Å². The van der Waals surface area contributed by atoms with E-state index in [1.54, 1.807) is 0 Å². The van der Waals surface area contributed by atoms with Gasteiger partial charge >= 0.3 is 0 Å². The van der Waals surface area contributed by atoms with E-state index < -0.39 is 0 Å². The van der Waals surface area contributed by atoms with Gasteiger partial charge in [0, 0.05) is 13.2 Å². The first-order chi connectivity index (χ1) is 7.36. The number of ether oxygens (including phenoxy) is 1. The van der Waals surface area contributed by atoms with E-state index in [1.807, 2.05) is 0 Å². The number of rotatable bonds is 2. The molecule has 2 rings (SSSR count). The van der Waals surface area contributed by atoms with Crippen LogP contribution < -0.4 is 5.32 Å². The Morgan fingerprint density at radius 1 is 1.27 bits per heavy atom. The van der Waals surface area contributed by atoms with Crippen LogP contribution in [0.1, 0.15) is 26.2 Å². The van der Waals surface area contributed by atoms with Gasteiger partial charge in [0.15, 0.2) is 0 Å². The Labute approximate surface area is 93.2 Å². The maximum absolute atomic E-state index is 5.62. The maximum Gasteiger partial charge on any atom is 0.0588 e. The van der Waals surface area contributed by atoms with Crippen LogP contribution in [0.2, 0.25) is 0 Å². The molecule has 0 amide bonds. The number of nitrogens with one attached hydrogen (secondary N) is 1. The van der Waals surface area contributed by atoms with Crippen molar-refractivity contribution in [2.24, 2.45) is 5.92 Å². The Bertz CT molecular complexity index is 178. The van der Waals surface area contributed by atoms with Gasteiger partial charge in [-0.25, -0.2) is 0 Å². The van der Waals surface area contributed by atoms with Crippen molar-refractivity contribution in [3.63, 3.8) is 0 Å². The van der Waals surface area contributed by atoms with Gasteiger partial charge in [-0.3, -0.25) is 0 Å². The predicted octanol–water partition coefficient (Wildman–Crippen LogP) is 1.10. The SMILES string of the molecule is CC1OCCC1CN1CCCNCCC1.